The molecule has 10 heteroatoms. The highest BCUT2D eigenvalue weighted by molar-refractivity contribution is 7.89. The molecule has 2 aromatic carbocycles. The van der Waals surface area contributed by atoms with Gasteiger partial charge in [-0.2, -0.15) is 4.31 Å². The minimum atomic E-state index is -3.79. The normalized spacial score (nSPS) is 16.4. The van der Waals surface area contributed by atoms with Gasteiger partial charge in [0.25, 0.3) is 0 Å². The number of piperidine rings is 1. The van der Waals surface area contributed by atoms with Crippen LogP contribution < -0.4 is 10.6 Å². The standard InChI is InChI=1S/C24H31FN4O4S/c1-17-9-10-22(12-18(17)2)34(32,33)28(3)16-23(30)29-11-5-6-19(15-29)14-26-24(31)27-21-8-4-7-20(25)13-21/h4,7-10,12-13,19H,5-6,11,14-16H2,1-3H3,(H2,26,27,31). The van der Waals surface area contributed by atoms with Crippen LogP contribution in [0.25, 0.3) is 0 Å². The summed E-state index contributed by atoms with van der Waals surface area (Å²) < 4.78 is 40.1. The summed E-state index contributed by atoms with van der Waals surface area (Å²) in [4.78, 5) is 26.8. The molecular weight excluding hydrogens is 459 g/mol. The van der Waals surface area contributed by atoms with Crippen LogP contribution in [0, 0.1) is 25.6 Å². The molecule has 1 fully saturated rings. The van der Waals surface area contributed by atoms with E-state index in [-0.39, 0.29) is 23.3 Å². The van der Waals surface area contributed by atoms with Crippen molar-refractivity contribution in [2.75, 3.05) is 38.5 Å². The fourth-order valence-electron chi connectivity index (χ4n) is 3.87. The molecule has 184 valence electrons. The van der Waals surface area contributed by atoms with E-state index in [4.69, 9.17) is 0 Å². The van der Waals surface area contributed by atoms with Crippen LogP contribution in [-0.4, -0.2) is 62.8 Å². The number of nitrogens with one attached hydrogen (secondary N) is 2. The average molecular weight is 491 g/mol. The van der Waals surface area contributed by atoms with E-state index < -0.39 is 21.9 Å². The zero-order valence-corrected chi connectivity index (χ0v) is 20.5. The van der Waals surface area contributed by atoms with Crippen LogP contribution in [0.4, 0.5) is 14.9 Å². The summed E-state index contributed by atoms with van der Waals surface area (Å²) >= 11 is 0. The van der Waals surface area contributed by atoms with Crippen molar-refractivity contribution in [3.63, 3.8) is 0 Å². The van der Waals surface area contributed by atoms with Gasteiger partial charge in [0, 0.05) is 32.4 Å². The summed E-state index contributed by atoms with van der Waals surface area (Å²) in [7, 11) is -2.38. The molecule has 1 saturated heterocycles. The van der Waals surface area contributed by atoms with Gasteiger partial charge in [-0.05, 0) is 74.1 Å². The molecule has 0 spiro atoms. The highest BCUT2D eigenvalue weighted by Crippen LogP contribution is 2.20. The van der Waals surface area contributed by atoms with Crippen LogP contribution in [0.15, 0.2) is 47.4 Å². The maximum Gasteiger partial charge on any atom is 0.319 e. The number of urea groups is 1. The van der Waals surface area contributed by atoms with E-state index in [2.05, 4.69) is 10.6 Å². The van der Waals surface area contributed by atoms with Crippen LogP contribution in [0.1, 0.15) is 24.0 Å². The van der Waals surface area contributed by atoms with Crippen molar-refractivity contribution in [1.29, 1.82) is 0 Å². The second-order valence-electron chi connectivity index (χ2n) is 8.70. The number of benzene rings is 2. The van der Waals surface area contributed by atoms with Gasteiger partial charge >= 0.3 is 6.03 Å². The lowest BCUT2D eigenvalue weighted by molar-refractivity contribution is -0.132. The third-order valence-electron chi connectivity index (χ3n) is 6.05. The first-order chi connectivity index (χ1) is 16.1. The zero-order valence-electron chi connectivity index (χ0n) is 19.7. The number of hydrogen-bond donors (Lipinski definition) is 2. The maximum atomic E-state index is 13.3. The molecule has 8 nitrogen and oxygen atoms in total. The first-order valence-electron chi connectivity index (χ1n) is 11.2. The third kappa shape index (κ3) is 6.54. The molecule has 3 amide bonds. The smallest absolute Gasteiger partial charge is 0.319 e. The van der Waals surface area contributed by atoms with Gasteiger partial charge in [-0.15, -0.1) is 0 Å². The first kappa shape index (κ1) is 25.6. The number of amides is 3. The number of aryl methyl sites for hydroxylation is 2. The SMILES string of the molecule is Cc1ccc(S(=O)(=O)N(C)CC(=O)N2CCCC(CNC(=O)Nc3cccc(F)c3)C2)cc1C. The number of carbonyl (C=O) groups is 2. The Bertz CT molecular complexity index is 1160. The largest absolute Gasteiger partial charge is 0.341 e. The molecule has 1 unspecified atom stereocenters. The fraction of sp³-hybridized carbons (Fsp3) is 0.417. The molecule has 2 aromatic rings. The Morgan fingerprint density at radius 1 is 1.15 bits per heavy atom. The van der Waals surface area contributed by atoms with Crippen LogP contribution in [0.5, 0.6) is 0 Å². The summed E-state index contributed by atoms with van der Waals surface area (Å²) in [6, 6.07) is 10.1. The van der Waals surface area contributed by atoms with Crippen LogP contribution in [-0.2, 0) is 14.8 Å². The lowest BCUT2D eigenvalue weighted by Gasteiger charge is -2.33. The topological polar surface area (TPSA) is 98.8 Å². The Morgan fingerprint density at radius 2 is 1.91 bits per heavy atom. The fourth-order valence-corrected chi connectivity index (χ4v) is 5.07. The van der Waals surface area contributed by atoms with E-state index in [0.29, 0.717) is 25.3 Å². The molecule has 1 aliphatic rings. The lowest BCUT2D eigenvalue weighted by Crippen LogP contribution is -2.47. The number of hydrogen-bond acceptors (Lipinski definition) is 4. The Hall–Kier alpha value is -2.98. The number of likely N-dealkylation sites (tertiary alicyclic amines) is 1. The van der Waals surface area contributed by atoms with Gasteiger partial charge in [0.05, 0.1) is 11.4 Å². The Labute approximate surface area is 200 Å². The predicted molar refractivity (Wildman–Crippen MR) is 128 cm³/mol. The summed E-state index contributed by atoms with van der Waals surface area (Å²) in [5, 5.41) is 5.34. The highest BCUT2D eigenvalue weighted by Gasteiger charge is 2.28. The molecule has 2 N–H and O–H groups in total. The molecule has 0 bridgehead atoms. The molecule has 1 heterocycles. The first-order valence-corrected chi connectivity index (χ1v) is 12.6. The van der Waals surface area contributed by atoms with Crippen molar-refractivity contribution >= 4 is 27.6 Å². The number of likely N-dealkylation sites (N-methyl/N-ethyl adjacent to an activating group) is 1. The van der Waals surface area contributed by atoms with E-state index in [1.807, 2.05) is 13.8 Å². The van der Waals surface area contributed by atoms with Crippen molar-refractivity contribution in [2.24, 2.45) is 5.92 Å². The number of carbonyl (C=O) groups excluding carboxylic acids is 2. The minimum Gasteiger partial charge on any atom is -0.341 e. The Morgan fingerprint density at radius 3 is 2.62 bits per heavy atom. The van der Waals surface area contributed by atoms with E-state index in [0.717, 1.165) is 28.3 Å². The molecule has 34 heavy (non-hydrogen) atoms. The molecule has 0 radical (unpaired) electrons. The van der Waals surface area contributed by atoms with E-state index >= 15 is 0 Å². The van der Waals surface area contributed by atoms with Crippen LogP contribution in [0.2, 0.25) is 0 Å². The van der Waals surface area contributed by atoms with Gasteiger partial charge < -0.3 is 15.5 Å². The van der Waals surface area contributed by atoms with Crippen molar-refractivity contribution in [1.82, 2.24) is 14.5 Å². The molecular formula is C24H31FN4O4S. The highest BCUT2D eigenvalue weighted by atomic mass is 32.2. The van der Waals surface area contributed by atoms with Crippen LogP contribution >= 0.6 is 0 Å². The van der Waals surface area contributed by atoms with Gasteiger partial charge in [-0.25, -0.2) is 17.6 Å². The Balaban J connectivity index is 1.52. The van der Waals surface area contributed by atoms with Gasteiger partial charge in [-0.3, -0.25) is 4.79 Å². The van der Waals surface area contributed by atoms with Gasteiger partial charge in [0.2, 0.25) is 15.9 Å². The molecule has 1 aliphatic heterocycles. The number of nitrogens with zero attached hydrogens (tertiary/aromatic N) is 2. The summed E-state index contributed by atoms with van der Waals surface area (Å²) in [6.45, 7) is 4.82. The number of rotatable bonds is 7. The zero-order chi connectivity index (χ0) is 24.9. The Kier molecular flexibility index (Phi) is 8.27. The summed E-state index contributed by atoms with van der Waals surface area (Å²) in [6.07, 6.45) is 1.60. The van der Waals surface area contributed by atoms with Crippen LogP contribution in [0.3, 0.4) is 0 Å². The molecule has 0 aromatic heterocycles. The van der Waals surface area contributed by atoms with Gasteiger partial charge in [-0.1, -0.05) is 12.1 Å². The number of anilines is 1. The predicted octanol–water partition coefficient (Wildman–Crippen LogP) is 3.12. The van der Waals surface area contributed by atoms with E-state index in [9.17, 15) is 22.4 Å². The van der Waals surface area contributed by atoms with E-state index in [1.54, 1.807) is 29.2 Å². The lowest BCUT2D eigenvalue weighted by atomic mass is 9.98. The molecule has 3 rings (SSSR count). The second kappa shape index (κ2) is 11.0. The minimum absolute atomic E-state index is 0.0395. The molecule has 1 atom stereocenters. The van der Waals surface area contributed by atoms with Crippen molar-refractivity contribution in [3.05, 3.63) is 59.4 Å². The monoisotopic (exact) mass is 490 g/mol. The second-order valence-corrected chi connectivity index (χ2v) is 10.7. The van der Waals surface area contributed by atoms with Crippen molar-refractivity contribution in [3.8, 4) is 0 Å². The number of sulfonamides is 1. The van der Waals surface area contributed by atoms with Gasteiger partial charge in [0.15, 0.2) is 0 Å². The number of halogens is 1. The maximum absolute atomic E-state index is 13.3. The molecule has 0 aliphatic carbocycles. The summed E-state index contributed by atoms with van der Waals surface area (Å²) in [5.74, 6) is -0.676. The van der Waals surface area contributed by atoms with Gasteiger partial charge in [0.1, 0.15) is 5.82 Å². The molecule has 0 saturated carbocycles. The quantitative estimate of drug-likeness (QED) is 0.623. The third-order valence-corrected chi connectivity index (χ3v) is 7.85. The summed E-state index contributed by atoms with van der Waals surface area (Å²) in [5.41, 5.74) is 2.22. The van der Waals surface area contributed by atoms with Crippen molar-refractivity contribution < 1.29 is 22.4 Å². The van der Waals surface area contributed by atoms with E-state index in [1.165, 1.54) is 25.2 Å². The van der Waals surface area contributed by atoms with Crippen molar-refractivity contribution in [2.45, 2.75) is 31.6 Å². The average Bonchev–Trinajstić information content (AvgIpc) is 2.79.